The predicted octanol–water partition coefficient (Wildman–Crippen LogP) is 3.96. The van der Waals surface area contributed by atoms with Gasteiger partial charge in [0.05, 0.1) is 0 Å². The molecule has 1 aliphatic carbocycles. The second kappa shape index (κ2) is 4.73. The number of hydrogen-bond acceptors (Lipinski definition) is 2. The van der Waals surface area contributed by atoms with E-state index in [0.29, 0.717) is 17.2 Å². The van der Waals surface area contributed by atoms with Gasteiger partial charge >= 0.3 is 0 Å². The van der Waals surface area contributed by atoms with E-state index in [2.05, 4.69) is 21.7 Å². The maximum absolute atomic E-state index is 6.20. The minimum atomic E-state index is 0.372. The third-order valence-corrected chi connectivity index (χ3v) is 4.18. The minimum Gasteiger partial charge on any atom is -0.295 e. The molecule has 1 aromatic carbocycles. The summed E-state index contributed by atoms with van der Waals surface area (Å²) < 4.78 is 2.07. The Morgan fingerprint density at radius 3 is 2.56 bits per heavy atom. The van der Waals surface area contributed by atoms with Crippen LogP contribution in [0, 0.1) is 5.92 Å². The predicted molar refractivity (Wildman–Crippen MR) is 72.5 cm³/mol. The SMILES string of the molecule is CC(C1CCC1)n1c(Cl)nnc1-c1ccccc1. The maximum Gasteiger partial charge on any atom is 0.225 e. The summed E-state index contributed by atoms with van der Waals surface area (Å²) in [6, 6.07) is 10.5. The standard InChI is InChI=1S/C14H16ClN3/c1-10(11-8-5-9-11)18-13(16-17-14(18)15)12-6-3-2-4-7-12/h2-4,6-7,10-11H,5,8-9H2,1H3. The summed E-state index contributed by atoms with van der Waals surface area (Å²) in [5.41, 5.74) is 1.07. The van der Waals surface area contributed by atoms with Crippen LogP contribution in [0.1, 0.15) is 32.2 Å². The van der Waals surface area contributed by atoms with Crippen LogP contribution in [0.25, 0.3) is 11.4 Å². The van der Waals surface area contributed by atoms with Gasteiger partial charge in [-0.25, -0.2) is 0 Å². The largest absolute Gasteiger partial charge is 0.295 e. The molecule has 1 atom stereocenters. The van der Waals surface area contributed by atoms with Crippen molar-refractivity contribution in [2.24, 2.45) is 5.92 Å². The zero-order valence-electron chi connectivity index (χ0n) is 10.4. The molecule has 1 heterocycles. The summed E-state index contributed by atoms with van der Waals surface area (Å²) >= 11 is 6.20. The van der Waals surface area contributed by atoms with E-state index in [9.17, 15) is 0 Å². The van der Waals surface area contributed by atoms with Gasteiger partial charge < -0.3 is 0 Å². The summed E-state index contributed by atoms with van der Waals surface area (Å²) in [5, 5.41) is 8.76. The first-order chi connectivity index (χ1) is 8.77. The lowest BCUT2D eigenvalue weighted by molar-refractivity contribution is 0.223. The van der Waals surface area contributed by atoms with Gasteiger partial charge in [-0.2, -0.15) is 0 Å². The highest BCUT2D eigenvalue weighted by molar-refractivity contribution is 6.28. The van der Waals surface area contributed by atoms with Crippen molar-refractivity contribution in [3.63, 3.8) is 0 Å². The normalized spacial score (nSPS) is 17.4. The van der Waals surface area contributed by atoms with Crippen molar-refractivity contribution < 1.29 is 0 Å². The van der Waals surface area contributed by atoms with Gasteiger partial charge in [-0.05, 0) is 37.3 Å². The number of hydrogen-bond donors (Lipinski definition) is 0. The van der Waals surface area contributed by atoms with Gasteiger partial charge in [0.1, 0.15) is 0 Å². The van der Waals surface area contributed by atoms with Gasteiger partial charge in [-0.1, -0.05) is 36.8 Å². The van der Waals surface area contributed by atoms with E-state index in [1.165, 1.54) is 19.3 Å². The summed E-state index contributed by atoms with van der Waals surface area (Å²) in [6.45, 7) is 2.21. The molecule has 0 bridgehead atoms. The number of benzene rings is 1. The molecule has 1 fully saturated rings. The molecule has 1 saturated carbocycles. The first-order valence-corrected chi connectivity index (χ1v) is 6.81. The Kier molecular flexibility index (Phi) is 3.08. The average Bonchev–Trinajstić information content (AvgIpc) is 2.70. The molecule has 1 aliphatic rings. The monoisotopic (exact) mass is 261 g/mol. The minimum absolute atomic E-state index is 0.372. The van der Waals surface area contributed by atoms with E-state index >= 15 is 0 Å². The Labute approximate surface area is 112 Å². The van der Waals surface area contributed by atoms with Gasteiger partial charge in [0, 0.05) is 11.6 Å². The molecule has 1 unspecified atom stereocenters. The van der Waals surface area contributed by atoms with E-state index in [1.807, 2.05) is 30.3 Å². The molecule has 1 aromatic heterocycles. The number of rotatable bonds is 3. The van der Waals surface area contributed by atoms with Gasteiger partial charge in [0.25, 0.3) is 0 Å². The molecule has 3 nitrogen and oxygen atoms in total. The Morgan fingerprint density at radius 2 is 1.94 bits per heavy atom. The second-order valence-corrected chi connectivity index (χ2v) is 5.30. The fourth-order valence-corrected chi connectivity index (χ4v) is 2.82. The molecule has 3 rings (SSSR count). The highest BCUT2D eigenvalue weighted by Crippen LogP contribution is 2.39. The maximum atomic E-state index is 6.20. The molecule has 0 amide bonds. The van der Waals surface area contributed by atoms with Crippen molar-refractivity contribution >= 4 is 11.6 Å². The lowest BCUT2D eigenvalue weighted by atomic mass is 9.80. The van der Waals surface area contributed by atoms with Gasteiger partial charge in [-0.15, -0.1) is 10.2 Å². The first-order valence-electron chi connectivity index (χ1n) is 6.43. The molecule has 0 N–H and O–H groups in total. The zero-order chi connectivity index (χ0) is 12.5. The van der Waals surface area contributed by atoms with E-state index < -0.39 is 0 Å². The summed E-state index contributed by atoms with van der Waals surface area (Å²) in [6.07, 6.45) is 3.89. The number of nitrogens with zero attached hydrogens (tertiary/aromatic N) is 3. The number of aromatic nitrogens is 3. The lowest BCUT2D eigenvalue weighted by Crippen LogP contribution is -2.23. The lowest BCUT2D eigenvalue weighted by Gasteiger charge is -2.32. The second-order valence-electron chi connectivity index (χ2n) is 4.96. The van der Waals surface area contributed by atoms with E-state index in [-0.39, 0.29) is 0 Å². The quantitative estimate of drug-likeness (QED) is 0.837. The van der Waals surface area contributed by atoms with Gasteiger partial charge in [-0.3, -0.25) is 4.57 Å². The Morgan fingerprint density at radius 1 is 1.22 bits per heavy atom. The third kappa shape index (κ3) is 1.93. The van der Waals surface area contributed by atoms with Crippen LogP contribution in [0.4, 0.5) is 0 Å². The fraction of sp³-hybridized carbons (Fsp3) is 0.429. The van der Waals surface area contributed by atoms with Crippen LogP contribution >= 0.6 is 11.6 Å². The Balaban J connectivity index is 2.01. The molecule has 0 saturated heterocycles. The van der Waals surface area contributed by atoms with Crippen molar-refractivity contribution in [3.05, 3.63) is 35.6 Å². The van der Waals surface area contributed by atoms with Crippen LogP contribution in [0.5, 0.6) is 0 Å². The van der Waals surface area contributed by atoms with Crippen LogP contribution in [0.2, 0.25) is 5.28 Å². The topological polar surface area (TPSA) is 30.7 Å². The molecule has 0 spiro atoms. The summed E-state index contributed by atoms with van der Waals surface area (Å²) in [5.74, 6) is 1.58. The zero-order valence-corrected chi connectivity index (χ0v) is 11.1. The van der Waals surface area contributed by atoms with Gasteiger partial charge in [0.15, 0.2) is 5.82 Å². The van der Waals surface area contributed by atoms with Gasteiger partial charge in [0.2, 0.25) is 5.28 Å². The molecule has 2 aromatic rings. The highest BCUT2D eigenvalue weighted by atomic mass is 35.5. The van der Waals surface area contributed by atoms with Crippen molar-refractivity contribution in [2.75, 3.05) is 0 Å². The van der Waals surface area contributed by atoms with E-state index in [1.54, 1.807) is 0 Å². The molecule has 0 aliphatic heterocycles. The van der Waals surface area contributed by atoms with Crippen LogP contribution in [-0.2, 0) is 0 Å². The third-order valence-electron chi connectivity index (χ3n) is 3.93. The average molecular weight is 262 g/mol. The molecular weight excluding hydrogens is 246 g/mol. The van der Waals surface area contributed by atoms with Crippen molar-refractivity contribution in [1.29, 1.82) is 0 Å². The molecule has 0 radical (unpaired) electrons. The van der Waals surface area contributed by atoms with Crippen LogP contribution in [0.15, 0.2) is 30.3 Å². The first kappa shape index (κ1) is 11.7. The molecular formula is C14H16ClN3. The van der Waals surface area contributed by atoms with Crippen LogP contribution in [-0.4, -0.2) is 14.8 Å². The van der Waals surface area contributed by atoms with E-state index in [0.717, 1.165) is 11.4 Å². The highest BCUT2D eigenvalue weighted by Gasteiger charge is 2.28. The molecule has 18 heavy (non-hydrogen) atoms. The van der Waals surface area contributed by atoms with Crippen LogP contribution < -0.4 is 0 Å². The summed E-state index contributed by atoms with van der Waals surface area (Å²) in [7, 11) is 0. The van der Waals surface area contributed by atoms with Crippen LogP contribution in [0.3, 0.4) is 0 Å². The smallest absolute Gasteiger partial charge is 0.225 e. The fourth-order valence-electron chi connectivity index (χ4n) is 2.55. The van der Waals surface area contributed by atoms with Crippen molar-refractivity contribution in [3.8, 4) is 11.4 Å². The van der Waals surface area contributed by atoms with Crippen molar-refractivity contribution in [2.45, 2.75) is 32.2 Å². The summed E-state index contributed by atoms with van der Waals surface area (Å²) in [4.78, 5) is 0. The van der Waals surface area contributed by atoms with Crippen molar-refractivity contribution in [1.82, 2.24) is 14.8 Å². The number of halogens is 1. The molecule has 4 heteroatoms. The molecule has 94 valence electrons. The Bertz CT molecular complexity index is 531. The van der Waals surface area contributed by atoms with E-state index in [4.69, 9.17) is 11.6 Å². The Hall–Kier alpha value is -1.35.